The van der Waals surface area contributed by atoms with E-state index in [1.165, 1.54) is 0 Å². The van der Waals surface area contributed by atoms with Gasteiger partial charge in [0.15, 0.2) is 0 Å². The van der Waals surface area contributed by atoms with E-state index >= 15 is 0 Å². The standard InChI is InChI=1S/C13H15F3N2O/c14-13(15,16)6-4-12(19)18-11-3-1-2-9-5-7-17-8-10(9)11/h1-3,17H,4-8H2,(H,18,19). The van der Waals surface area contributed by atoms with Gasteiger partial charge in [0.1, 0.15) is 0 Å². The molecule has 6 heteroatoms. The van der Waals surface area contributed by atoms with E-state index in [0.717, 1.165) is 24.1 Å². The number of fused-ring (bicyclic) bond motifs is 1. The van der Waals surface area contributed by atoms with E-state index in [2.05, 4.69) is 10.6 Å². The minimum atomic E-state index is -4.30. The Morgan fingerprint density at radius 1 is 1.37 bits per heavy atom. The van der Waals surface area contributed by atoms with Gasteiger partial charge in [-0.1, -0.05) is 12.1 Å². The number of rotatable bonds is 3. The van der Waals surface area contributed by atoms with Crippen molar-refractivity contribution in [1.29, 1.82) is 0 Å². The fraction of sp³-hybridized carbons (Fsp3) is 0.462. The summed E-state index contributed by atoms with van der Waals surface area (Å²) in [6.45, 7) is 1.50. The number of benzene rings is 1. The summed E-state index contributed by atoms with van der Waals surface area (Å²) < 4.78 is 36.1. The van der Waals surface area contributed by atoms with Crippen molar-refractivity contribution < 1.29 is 18.0 Å². The van der Waals surface area contributed by atoms with Crippen molar-refractivity contribution in [3.05, 3.63) is 29.3 Å². The summed E-state index contributed by atoms with van der Waals surface area (Å²) in [4.78, 5) is 11.5. The first-order valence-electron chi connectivity index (χ1n) is 6.14. The van der Waals surface area contributed by atoms with E-state index in [4.69, 9.17) is 0 Å². The number of amides is 1. The monoisotopic (exact) mass is 272 g/mol. The molecule has 1 aliphatic rings. The van der Waals surface area contributed by atoms with Gasteiger partial charge in [0.05, 0.1) is 6.42 Å². The van der Waals surface area contributed by atoms with Gasteiger partial charge in [-0.25, -0.2) is 0 Å². The highest BCUT2D eigenvalue weighted by Crippen LogP contribution is 2.25. The van der Waals surface area contributed by atoms with Crippen molar-refractivity contribution in [2.24, 2.45) is 0 Å². The van der Waals surface area contributed by atoms with Crippen molar-refractivity contribution in [3.8, 4) is 0 Å². The van der Waals surface area contributed by atoms with Crippen molar-refractivity contribution in [2.45, 2.75) is 32.0 Å². The molecule has 3 nitrogen and oxygen atoms in total. The van der Waals surface area contributed by atoms with Crippen LogP contribution in [0.25, 0.3) is 0 Å². The van der Waals surface area contributed by atoms with Crippen LogP contribution in [0.2, 0.25) is 0 Å². The smallest absolute Gasteiger partial charge is 0.326 e. The second-order valence-corrected chi connectivity index (χ2v) is 4.53. The van der Waals surface area contributed by atoms with Crippen LogP contribution in [0.5, 0.6) is 0 Å². The van der Waals surface area contributed by atoms with Crippen molar-refractivity contribution in [1.82, 2.24) is 5.32 Å². The molecular formula is C13H15F3N2O. The normalized spacial score (nSPS) is 14.9. The first-order valence-corrected chi connectivity index (χ1v) is 6.14. The number of carbonyl (C=O) groups excluding carboxylic acids is 1. The van der Waals surface area contributed by atoms with Crippen LogP contribution in [0, 0.1) is 0 Å². The molecule has 1 amide bonds. The van der Waals surface area contributed by atoms with E-state index in [1.54, 1.807) is 6.07 Å². The Morgan fingerprint density at radius 2 is 2.16 bits per heavy atom. The second-order valence-electron chi connectivity index (χ2n) is 4.53. The molecule has 0 saturated heterocycles. The molecule has 1 aliphatic heterocycles. The molecule has 0 aromatic heterocycles. The summed E-state index contributed by atoms with van der Waals surface area (Å²) in [5.74, 6) is -0.601. The third-order valence-electron chi connectivity index (χ3n) is 3.06. The van der Waals surface area contributed by atoms with Crippen LogP contribution >= 0.6 is 0 Å². The first-order chi connectivity index (χ1) is 8.96. The van der Waals surface area contributed by atoms with Gasteiger partial charge >= 0.3 is 6.18 Å². The zero-order valence-corrected chi connectivity index (χ0v) is 10.3. The van der Waals surface area contributed by atoms with Gasteiger partial charge in [0, 0.05) is 18.7 Å². The van der Waals surface area contributed by atoms with Gasteiger partial charge < -0.3 is 10.6 Å². The number of hydrogen-bond donors (Lipinski definition) is 2. The lowest BCUT2D eigenvalue weighted by atomic mass is 9.99. The molecule has 1 aromatic rings. The lowest BCUT2D eigenvalue weighted by Crippen LogP contribution is -2.25. The maximum atomic E-state index is 12.0. The molecule has 0 unspecified atom stereocenters. The third kappa shape index (κ3) is 3.96. The molecule has 0 aliphatic carbocycles. The lowest BCUT2D eigenvalue weighted by molar-refractivity contribution is -0.142. The SMILES string of the molecule is O=C(CCC(F)(F)F)Nc1cccc2c1CNCC2. The molecule has 0 saturated carbocycles. The van der Waals surface area contributed by atoms with E-state index in [1.807, 2.05) is 12.1 Å². The Balaban J connectivity index is 2.01. The Hall–Kier alpha value is -1.56. The number of nitrogens with one attached hydrogen (secondary N) is 2. The van der Waals surface area contributed by atoms with Gasteiger partial charge in [-0.15, -0.1) is 0 Å². The molecule has 1 heterocycles. The Kier molecular flexibility index (Phi) is 4.09. The highest BCUT2D eigenvalue weighted by atomic mass is 19.4. The summed E-state index contributed by atoms with van der Waals surface area (Å²) >= 11 is 0. The highest BCUT2D eigenvalue weighted by molar-refractivity contribution is 5.91. The molecule has 0 atom stereocenters. The maximum Gasteiger partial charge on any atom is 0.389 e. The molecule has 0 bridgehead atoms. The van der Waals surface area contributed by atoms with E-state index in [-0.39, 0.29) is 0 Å². The quantitative estimate of drug-likeness (QED) is 0.888. The van der Waals surface area contributed by atoms with Gasteiger partial charge in [0.25, 0.3) is 0 Å². The fourth-order valence-electron chi connectivity index (χ4n) is 2.10. The predicted octanol–water partition coefficient (Wildman–Crippen LogP) is 2.61. The Bertz CT molecular complexity index is 471. The zero-order chi connectivity index (χ0) is 13.9. The fourth-order valence-corrected chi connectivity index (χ4v) is 2.10. The summed E-state index contributed by atoms with van der Waals surface area (Å²) in [5, 5.41) is 5.74. The Morgan fingerprint density at radius 3 is 2.89 bits per heavy atom. The molecule has 104 valence electrons. The van der Waals surface area contributed by atoms with Crippen molar-refractivity contribution in [3.63, 3.8) is 0 Å². The minimum absolute atomic E-state index is 0.541. The number of carbonyl (C=O) groups is 1. The third-order valence-corrected chi connectivity index (χ3v) is 3.06. The molecule has 0 fully saturated rings. The molecule has 2 rings (SSSR count). The van der Waals surface area contributed by atoms with E-state index < -0.39 is 24.9 Å². The lowest BCUT2D eigenvalue weighted by Gasteiger charge is -2.20. The summed E-state index contributed by atoms with van der Waals surface area (Å²) in [5.41, 5.74) is 2.71. The number of hydrogen-bond acceptors (Lipinski definition) is 2. The number of anilines is 1. The van der Waals surface area contributed by atoms with Gasteiger partial charge in [0.2, 0.25) is 5.91 Å². The van der Waals surface area contributed by atoms with Gasteiger partial charge in [-0.2, -0.15) is 13.2 Å². The number of halogens is 3. The zero-order valence-electron chi connectivity index (χ0n) is 10.3. The van der Waals surface area contributed by atoms with Gasteiger partial charge in [-0.3, -0.25) is 4.79 Å². The van der Waals surface area contributed by atoms with Crippen molar-refractivity contribution in [2.75, 3.05) is 11.9 Å². The molecule has 19 heavy (non-hydrogen) atoms. The van der Waals surface area contributed by atoms with Crippen molar-refractivity contribution >= 4 is 11.6 Å². The van der Waals surface area contributed by atoms with Gasteiger partial charge in [-0.05, 0) is 30.2 Å². The van der Waals surface area contributed by atoms with E-state index in [0.29, 0.717) is 12.2 Å². The highest BCUT2D eigenvalue weighted by Gasteiger charge is 2.28. The Labute approximate surface area is 109 Å². The summed E-state index contributed by atoms with van der Waals surface area (Å²) in [7, 11) is 0. The van der Waals surface area contributed by atoms with Crippen LogP contribution < -0.4 is 10.6 Å². The number of alkyl halides is 3. The summed E-state index contributed by atoms with van der Waals surface area (Å²) in [6.07, 6.45) is -5.07. The maximum absolute atomic E-state index is 12.0. The molecule has 2 N–H and O–H groups in total. The van der Waals surface area contributed by atoms with Crippen LogP contribution in [0.15, 0.2) is 18.2 Å². The van der Waals surface area contributed by atoms with Crippen LogP contribution in [0.4, 0.5) is 18.9 Å². The average Bonchev–Trinajstić information content (AvgIpc) is 2.36. The summed E-state index contributed by atoms with van der Waals surface area (Å²) in [6, 6.07) is 5.50. The molecule has 0 radical (unpaired) electrons. The van der Waals surface area contributed by atoms with Crippen LogP contribution in [0.1, 0.15) is 24.0 Å². The predicted molar refractivity (Wildman–Crippen MR) is 65.8 cm³/mol. The van der Waals surface area contributed by atoms with Crippen LogP contribution in [-0.4, -0.2) is 18.6 Å². The average molecular weight is 272 g/mol. The molecule has 1 aromatic carbocycles. The van der Waals surface area contributed by atoms with Crippen LogP contribution in [-0.2, 0) is 17.8 Å². The topological polar surface area (TPSA) is 41.1 Å². The first kappa shape index (κ1) is 13.9. The minimum Gasteiger partial charge on any atom is -0.326 e. The molecular weight excluding hydrogens is 257 g/mol. The van der Waals surface area contributed by atoms with E-state index in [9.17, 15) is 18.0 Å². The second kappa shape index (κ2) is 5.61. The largest absolute Gasteiger partial charge is 0.389 e. The molecule has 0 spiro atoms. The van der Waals surface area contributed by atoms with Crippen LogP contribution in [0.3, 0.4) is 0 Å².